The first-order chi connectivity index (χ1) is 22.2. The summed E-state index contributed by atoms with van der Waals surface area (Å²) in [6.07, 6.45) is 51.9. The number of unbranched alkanes of at least 4 members (excludes halogenated alkanes) is 12. The monoisotopic (exact) mass is 626 g/mol. The highest BCUT2D eigenvalue weighted by Crippen LogP contribution is 2.08. The fourth-order valence-electron chi connectivity index (χ4n) is 5.04. The van der Waals surface area contributed by atoms with E-state index in [2.05, 4.69) is 106 Å². The molecule has 0 heterocycles. The standard InChI is InChI=1S/C42H75NO2/c1-5-7-9-11-13-15-17-19-21-23-25-27-29-31-33-35-37-44-40-42(39-43(3)4)41-45-38-36-34-32-30-28-26-24-22-20-18-16-14-12-10-8-6-2/h13-16,19-22,25-28,42H,5-12,17-18,23-24,29-41H2,1-4H3/b15-13-,16-14-,21-19-,22-20-,27-25-,28-26-. The Bertz CT molecular complexity index is 688. The molecule has 0 unspecified atom stereocenters. The molecule has 0 atom stereocenters. The van der Waals surface area contributed by atoms with Crippen LogP contribution >= 0.6 is 0 Å². The minimum Gasteiger partial charge on any atom is -0.381 e. The predicted molar refractivity (Wildman–Crippen MR) is 202 cm³/mol. The lowest BCUT2D eigenvalue weighted by Crippen LogP contribution is -2.29. The van der Waals surface area contributed by atoms with E-state index in [1.54, 1.807) is 0 Å². The van der Waals surface area contributed by atoms with Gasteiger partial charge in [-0.15, -0.1) is 0 Å². The van der Waals surface area contributed by atoms with Crippen molar-refractivity contribution in [3.05, 3.63) is 72.9 Å². The van der Waals surface area contributed by atoms with Crippen LogP contribution in [-0.2, 0) is 9.47 Å². The second kappa shape index (κ2) is 38.5. The molecule has 3 nitrogen and oxygen atoms in total. The lowest BCUT2D eigenvalue weighted by Gasteiger charge is -2.21. The maximum Gasteiger partial charge on any atom is 0.0528 e. The maximum atomic E-state index is 6.05. The maximum absolute atomic E-state index is 6.05. The molecule has 0 aliphatic heterocycles. The van der Waals surface area contributed by atoms with E-state index in [0.717, 1.165) is 71.5 Å². The van der Waals surface area contributed by atoms with Gasteiger partial charge >= 0.3 is 0 Å². The van der Waals surface area contributed by atoms with Crippen molar-refractivity contribution in [1.82, 2.24) is 4.90 Å². The molecule has 260 valence electrons. The fraction of sp³-hybridized carbons (Fsp3) is 0.714. The largest absolute Gasteiger partial charge is 0.381 e. The lowest BCUT2D eigenvalue weighted by atomic mass is 10.1. The number of hydrogen-bond acceptors (Lipinski definition) is 3. The van der Waals surface area contributed by atoms with Crippen LogP contribution in [0, 0.1) is 5.92 Å². The van der Waals surface area contributed by atoms with Crippen LogP contribution in [0.5, 0.6) is 0 Å². The third-order valence-electron chi connectivity index (χ3n) is 7.69. The molecule has 0 aromatic heterocycles. The van der Waals surface area contributed by atoms with Gasteiger partial charge in [0.2, 0.25) is 0 Å². The summed E-state index contributed by atoms with van der Waals surface area (Å²) in [5.74, 6) is 0.445. The Labute approximate surface area is 282 Å². The van der Waals surface area contributed by atoms with E-state index in [0.29, 0.717) is 5.92 Å². The summed E-state index contributed by atoms with van der Waals surface area (Å²) < 4.78 is 12.1. The molecule has 0 aromatic rings. The van der Waals surface area contributed by atoms with Crippen LogP contribution < -0.4 is 0 Å². The summed E-state index contributed by atoms with van der Waals surface area (Å²) in [5, 5.41) is 0. The highest BCUT2D eigenvalue weighted by atomic mass is 16.5. The predicted octanol–water partition coefficient (Wildman–Crippen LogP) is 12.4. The molecule has 0 saturated heterocycles. The van der Waals surface area contributed by atoms with Crippen LogP contribution in [0.15, 0.2) is 72.9 Å². The average Bonchev–Trinajstić information content (AvgIpc) is 3.03. The number of rotatable bonds is 34. The molecule has 45 heavy (non-hydrogen) atoms. The van der Waals surface area contributed by atoms with Gasteiger partial charge in [0.05, 0.1) is 13.2 Å². The van der Waals surface area contributed by atoms with E-state index in [1.807, 2.05) is 0 Å². The van der Waals surface area contributed by atoms with Crippen LogP contribution in [0.3, 0.4) is 0 Å². The topological polar surface area (TPSA) is 21.7 Å². The van der Waals surface area contributed by atoms with Gasteiger partial charge in [0, 0.05) is 25.7 Å². The van der Waals surface area contributed by atoms with Gasteiger partial charge in [-0.2, -0.15) is 0 Å². The molecule has 3 heteroatoms. The Morgan fingerprint density at radius 2 is 0.756 bits per heavy atom. The Kier molecular flexibility index (Phi) is 37.1. The van der Waals surface area contributed by atoms with Gasteiger partial charge < -0.3 is 14.4 Å². The summed E-state index contributed by atoms with van der Waals surface area (Å²) in [5.41, 5.74) is 0. The van der Waals surface area contributed by atoms with Gasteiger partial charge in [0.1, 0.15) is 0 Å². The van der Waals surface area contributed by atoms with Gasteiger partial charge in [-0.25, -0.2) is 0 Å². The van der Waals surface area contributed by atoms with Crippen LogP contribution in [-0.4, -0.2) is 52.0 Å². The molecular formula is C42H75NO2. The molecule has 0 amide bonds. The molecule has 0 spiro atoms. The zero-order valence-electron chi connectivity index (χ0n) is 30.4. The minimum atomic E-state index is 0.445. The van der Waals surface area contributed by atoms with E-state index < -0.39 is 0 Å². The number of ether oxygens (including phenoxy) is 2. The second-order valence-electron chi connectivity index (χ2n) is 12.7. The molecule has 0 N–H and O–H groups in total. The SMILES string of the molecule is CCCCC/C=C\C/C=C\C/C=C\CCCCCOCC(COCCCCC/C=C\C/C=C\C/C=C\CCCCC)CN(C)C. The van der Waals surface area contributed by atoms with Crippen LogP contribution in [0.2, 0.25) is 0 Å². The van der Waals surface area contributed by atoms with Crippen molar-refractivity contribution in [3.63, 3.8) is 0 Å². The molecule has 0 aliphatic carbocycles. The number of nitrogens with zero attached hydrogens (tertiary/aromatic N) is 1. The van der Waals surface area contributed by atoms with Gasteiger partial charge in [-0.1, -0.05) is 125 Å². The van der Waals surface area contributed by atoms with E-state index >= 15 is 0 Å². The van der Waals surface area contributed by atoms with Gasteiger partial charge in [0.15, 0.2) is 0 Å². The highest BCUT2D eigenvalue weighted by Gasteiger charge is 2.11. The van der Waals surface area contributed by atoms with E-state index in [4.69, 9.17) is 9.47 Å². The molecule has 0 bridgehead atoms. The molecule has 0 fully saturated rings. The average molecular weight is 626 g/mol. The molecule has 0 saturated carbocycles. The Hall–Kier alpha value is -1.68. The third kappa shape index (κ3) is 38.4. The lowest BCUT2D eigenvalue weighted by molar-refractivity contribution is 0.0276. The Balaban J connectivity index is 3.68. The summed E-state index contributed by atoms with van der Waals surface area (Å²) in [7, 11) is 4.28. The first kappa shape index (κ1) is 43.3. The number of hydrogen-bond donors (Lipinski definition) is 0. The third-order valence-corrected chi connectivity index (χ3v) is 7.69. The smallest absolute Gasteiger partial charge is 0.0528 e. The van der Waals surface area contributed by atoms with Crippen LogP contribution in [0.25, 0.3) is 0 Å². The molecule has 0 aromatic carbocycles. The van der Waals surface area contributed by atoms with Crippen molar-refractivity contribution in [2.45, 2.75) is 142 Å². The minimum absolute atomic E-state index is 0.445. The zero-order valence-corrected chi connectivity index (χ0v) is 30.4. The van der Waals surface area contributed by atoms with Crippen molar-refractivity contribution in [1.29, 1.82) is 0 Å². The number of allylic oxidation sites excluding steroid dienone is 12. The van der Waals surface area contributed by atoms with Gasteiger partial charge in [-0.3, -0.25) is 0 Å². The van der Waals surface area contributed by atoms with Crippen molar-refractivity contribution >= 4 is 0 Å². The first-order valence-electron chi connectivity index (χ1n) is 18.9. The zero-order chi connectivity index (χ0) is 32.7. The summed E-state index contributed by atoms with van der Waals surface area (Å²) in [6, 6.07) is 0. The molecule has 0 radical (unpaired) electrons. The van der Waals surface area contributed by atoms with Gasteiger partial charge in [0.25, 0.3) is 0 Å². The van der Waals surface area contributed by atoms with Crippen molar-refractivity contribution in [2.24, 2.45) is 5.92 Å². The van der Waals surface area contributed by atoms with E-state index in [-0.39, 0.29) is 0 Å². The van der Waals surface area contributed by atoms with Gasteiger partial charge in [-0.05, 0) is 104 Å². The second-order valence-corrected chi connectivity index (χ2v) is 12.7. The van der Waals surface area contributed by atoms with E-state index in [9.17, 15) is 0 Å². The van der Waals surface area contributed by atoms with Crippen molar-refractivity contribution in [3.8, 4) is 0 Å². The van der Waals surface area contributed by atoms with Crippen LogP contribution in [0.1, 0.15) is 142 Å². The van der Waals surface area contributed by atoms with Crippen LogP contribution in [0.4, 0.5) is 0 Å². The first-order valence-corrected chi connectivity index (χ1v) is 18.9. The highest BCUT2D eigenvalue weighted by molar-refractivity contribution is 4.98. The van der Waals surface area contributed by atoms with E-state index in [1.165, 1.54) is 89.9 Å². The summed E-state index contributed by atoms with van der Waals surface area (Å²) >= 11 is 0. The van der Waals surface area contributed by atoms with Crippen molar-refractivity contribution in [2.75, 3.05) is 47.1 Å². The Morgan fingerprint density at radius 1 is 0.422 bits per heavy atom. The van der Waals surface area contributed by atoms with Crippen molar-refractivity contribution < 1.29 is 9.47 Å². The molecule has 0 rings (SSSR count). The normalized spacial score (nSPS) is 12.9. The summed E-state index contributed by atoms with van der Waals surface area (Å²) in [4.78, 5) is 2.25. The molecule has 0 aliphatic rings. The Morgan fingerprint density at radius 3 is 1.09 bits per heavy atom. The quantitative estimate of drug-likeness (QED) is 0.0524. The fourth-order valence-corrected chi connectivity index (χ4v) is 5.04. The summed E-state index contributed by atoms with van der Waals surface area (Å²) in [6.45, 7) is 8.85. The molecular weight excluding hydrogens is 550 g/mol.